The van der Waals surface area contributed by atoms with Gasteiger partial charge in [-0.15, -0.1) is 0 Å². The predicted molar refractivity (Wildman–Crippen MR) is 65.0 cm³/mol. The average molecular weight is 206 g/mol. The summed E-state index contributed by atoms with van der Waals surface area (Å²) in [7, 11) is 2.03. The minimum absolute atomic E-state index is 0.440. The Kier molecular flexibility index (Phi) is 4.28. The van der Waals surface area contributed by atoms with E-state index in [0.29, 0.717) is 12.0 Å². The van der Waals surface area contributed by atoms with Crippen molar-refractivity contribution in [1.82, 2.24) is 10.3 Å². The highest BCUT2D eigenvalue weighted by Gasteiger charge is 2.16. The number of aromatic nitrogens is 1. The molecule has 0 bridgehead atoms. The van der Waals surface area contributed by atoms with E-state index >= 15 is 0 Å². The molecule has 1 rings (SSSR count). The molecule has 0 radical (unpaired) electrons. The quantitative estimate of drug-likeness (QED) is 0.819. The number of nitrogens with one attached hydrogen (secondary N) is 1. The molecule has 1 heterocycles. The van der Waals surface area contributed by atoms with E-state index in [1.165, 1.54) is 12.0 Å². The van der Waals surface area contributed by atoms with Gasteiger partial charge in [0, 0.05) is 17.4 Å². The van der Waals surface area contributed by atoms with Crippen LogP contribution in [0.5, 0.6) is 0 Å². The SMILES string of the molecule is CCC(C)C(NC)c1cc(C)nc(C)c1. The Balaban J connectivity index is 3.01. The fourth-order valence-corrected chi connectivity index (χ4v) is 2.06. The Morgan fingerprint density at radius 1 is 1.27 bits per heavy atom. The van der Waals surface area contributed by atoms with Crippen LogP contribution in [0.3, 0.4) is 0 Å². The topological polar surface area (TPSA) is 24.9 Å². The van der Waals surface area contributed by atoms with Crippen molar-refractivity contribution in [3.63, 3.8) is 0 Å². The van der Waals surface area contributed by atoms with Crippen LogP contribution in [-0.2, 0) is 0 Å². The molecule has 2 nitrogen and oxygen atoms in total. The van der Waals surface area contributed by atoms with Crippen molar-refractivity contribution in [1.29, 1.82) is 0 Å². The molecule has 0 amide bonds. The molecule has 1 aromatic heterocycles. The zero-order chi connectivity index (χ0) is 11.4. The maximum atomic E-state index is 4.41. The van der Waals surface area contributed by atoms with Gasteiger partial charge in [0.2, 0.25) is 0 Å². The van der Waals surface area contributed by atoms with E-state index in [9.17, 15) is 0 Å². The molecule has 0 saturated heterocycles. The zero-order valence-corrected chi connectivity index (χ0v) is 10.5. The molecule has 2 unspecified atom stereocenters. The van der Waals surface area contributed by atoms with E-state index < -0.39 is 0 Å². The van der Waals surface area contributed by atoms with Gasteiger partial charge in [-0.2, -0.15) is 0 Å². The standard InChI is InChI=1S/C13H22N2/c1-6-9(2)13(14-5)12-7-10(3)15-11(4)8-12/h7-9,13-14H,6H2,1-5H3. The Hall–Kier alpha value is -0.890. The normalized spacial score (nSPS) is 15.0. The van der Waals surface area contributed by atoms with E-state index in [-0.39, 0.29) is 0 Å². The summed E-state index contributed by atoms with van der Waals surface area (Å²) in [5.74, 6) is 0.649. The Morgan fingerprint density at radius 3 is 2.20 bits per heavy atom. The van der Waals surface area contributed by atoms with Crippen LogP contribution in [0.1, 0.15) is 43.3 Å². The van der Waals surface area contributed by atoms with E-state index in [1.807, 2.05) is 7.05 Å². The molecule has 1 N–H and O–H groups in total. The van der Waals surface area contributed by atoms with E-state index in [2.05, 4.69) is 50.1 Å². The third kappa shape index (κ3) is 3.03. The van der Waals surface area contributed by atoms with Gasteiger partial charge in [0.1, 0.15) is 0 Å². The van der Waals surface area contributed by atoms with Crippen LogP contribution in [0.15, 0.2) is 12.1 Å². The zero-order valence-electron chi connectivity index (χ0n) is 10.5. The molecule has 0 aromatic carbocycles. The first-order valence-electron chi connectivity index (χ1n) is 5.71. The monoisotopic (exact) mass is 206 g/mol. The lowest BCUT2D eigenvalue weighted by Gasteiger charge is -2.23. The van der Waals surface area contributed by atoms with E-state index in [1.54, 1.807) is 0 Å². The highest BCUT2D eigenvalue weighted by atomic mass is 14.9. The predicted octanol–water partition coefficient (Wildman–Crippen LogP) is 3.01. The van der Waals surface area contributed by atoms with Crippen molar-refractivity contribution in [2.45, 2.75) is 40.2 Å². The smallest absolute Gasteiger partial charge is 0.0379 e. The van der Waals surface area contributed by atoms with Gasteiger partial charge in [0.25, 0.3) is 0 Å². The molecule has 84 valence electrons. The van der Waals surface area contributed by atoms with Crippen molar-refractivity contribution in [3.05, 3.63) is 29.1 Å². The molecule has 0 aliphatic heterocycles. The van der Waals surface area contributed by atoms with Crippen LogP contribution in [0, 0.1) is 19.8 Å². The van der Waals surface area contributed by atoms with Crippen LogP contribution in [-0.4, -0.2) is 12.0 Å². The lowest BCUT2D eigenvalue weighted by Crippen LogP contribution is -2.23. The number of aryl methyl sites for hydroxylation is 2. The van der Waals surface area contributed by atoms with Gasteiger partial charge in [-0.3, -0.25) is 4.98 Å². The van der Waals surface area contributed by atoms with Crippen LogP contribution in [0.4, 0.5) is 0 Å². The molecule has 0 spiro atoms. The highest BCUT2D eigenvalue weighted by Crippen LogP contribution is 2.24. The maximum absolute atomic E-state index is 4.41. The molecule has 0 fully saturated rings. The number of rotatable bonds is 4. The van der Waals surface area contributed by atoms with Gasteiger partial charge >= 0.3 is 0 Å². The Morgan fingerprint density at radius 2 is 1.80 bits per heavy atom. The molecule has 0 aliphatic carbocycles. The minimum Gasteiger partial charge on any atom is -0.313 e. The Bertz CT molecular complexity index is 300. The molecule has 15 heavy (non-hydrogen) atoms. The van der Waals surface area contributed by atoms with Gasteiger partial charge in [0.15, 0.2) is 0 Å². The van der Waals surface area contributed by atoms with Gasteiger partial charge in [-0.1, -0.05) is 20.3 Å². The van der Waals surface area contributed by atoms with E-state index in [0.717, 1.165) is 11.4 Å². The minimum atomic E-state index is 0.440. The lowest BCUT2D eigenvalue weighted by molar-refractivity contribution is 0.400. The second-order valence-corrected chi connectivity index (χ2v) is 4.34. The third-order valence-corrected chi connectivity index (χ3v) is 2.99. The number of nitrogens with zero attached hydrogens (tertiary/aromatic N) is 1. The van der Waals surface area contributed by atoms with Crippen molar-refractivity contribution in [2.24, 2.45) is 5.92 Å². The maximum Gasteiger partial charge on any atom is 0.0379 e. The largest absolute Gasteiger partial charge is 0.313 e. The van der Waals surface area contributed by atoms with Crippen molar-refractivity contribution < 1.29 is 0 Å². The second-order valence-electron chi connectivity index (χ2n) is 4.34. The Labute approximate surface area is 93.1 Å². The van der Waals surface area contributed by atoms with Crippen LogP contribution in [0.25, 0.3) is 0 Å². The molecule has 2 heteroatoms. The molecular formula is C13H22N2. The summed E-state index contributed by atoms with van der Waals surface area (Å²) in [6.45, 7) is 8.63. The van der Waals surface area contributed by atoms with Gasteiger partial charge < -0.3 is 5.32 Å². The molecule has 2 atom stereocenters. The number of hydrogen-bond donors (Lipinski definition) is 1. The summed E-state index contributed by atoms with van der Waals surface area (Å²) >= 11 is 0. The first-order valence-corrected chi connectivity index (χ1v) is 5.71. The van der Waals surface area contributed by atoms with Crippen LogP contribution >= 0.6 is 0 Å². The van der Waals surface area contributed by atoms with Gasteiger partial charge in [-0.05, 0) is 44.5 Å². The summed E-state index contributed by atoms with van der Waals surface area (Å²) in [6.07, 6.45) is 1.19. The summed E-state index contributed by atoms with van der Waals surface area (Å²) < 4.78 is 0. The average Bonchev–Trinajstić information content (AvgIpc) is 2.17. The van der Waals surface area contributed by atoms with Crippen LogP contribution in [0.2, 0.25) is 0 Å². The third-order valence-electron chi connectivity index (χ3n) is 2.99. The molecular weight excluding hydrogens is 184 g/mol. The van der Waals surface area contributed by atoms with Crippen molar-refractivity contribution in [3.8, 4) is 0 Å². The van der Waals surface area contributed by atoms with Crippen LogP contribution < -0.4 is 5.32 Å². The fourth-order valence-electron chi connectivity index (χ4n) is 2.06. The fraction of sp³-hybridized carbons (Fsp3) is 0.615. The molecule has 1 aromatic rings. The second kappa shape index (κ2) is 5.26. The first kappa shape index (κ1) is 12.2. The molecule has 0 aliphatic rings. The summed E-state index contributed by atoms with van der Waals surface area (Å²) in [4.78, 5) is 4.41. The number of hydrogen-bond acceptors (Lipinski definition) is 2. The summed E-state index contributed by atoms with van der Waals surface area (Å²) in [5.41, 5.74) is 3.57. The van der Waals surface area contributed by atoms with E-state index in [4.69, 9.17) is 0 Å². The van der Waals surface area contributed by atoms with Crippen molar-refractivity contribution in [2.75, 3.05) is 7.05 Å². The summed E-state index contributed by atoms with van der Waals surface area (Å²) in [5, 5.41) is 3.40. The number of pyridine rings is 1. The van der Waals surface area contributed by atoms with Crippen molar-refractivity contribution >= 4 is 0 Å². The molecule has 0 saturated carbocycles. The van der Waals surface area contributed by atoms with Gasteiger partial charge in [-0.25, -0.2) is 0 Å². The van der Waals surface area contributed by atoms with Gasteiger partial charge in [0.05, 0.1) is 0 Å². The highest BCUT2D eigenvalue weighted by molar-refractivity contribution is 5.24. The summed E-state index contributed by atoms with van der Waals surface area (Å²) in [6, 6.07) is 4.80. The lowest BCUT2D eigenvalue weighted by atomic mass is 9.92. The first-order chi connectivity index (χ1) is 7.08.